The number of sulfonamides is 1. The minimum Gasteiger partial charge on any atom is -0.462 e. The number of carbonyl (C=O) groups excluding carboxylic acids is 1. The van der Waals surface area contributed by atoms with Gasteiger partial charge in [-0.3, -0.25) is 0 Å². The molecule has 8 heteroatoms. The Morgan fingerprint density at radius 2 is 2.12 bits per heavy atom. The van der Waals surface area contributed by atoms with Gasteiger partial charge in [0.05, 0.1) is 25.7 Å². The van der Waals surface area contributed by atoms with E-state index in [0.29, 0.717) is 0 Å². The van der Waals surface area contributed by atoms with Crippen molar-refractivity contribution >= 4 is 50.2 Å². The van der Waals surface area contributed by atoms with Gasteiger partial charge in [0.1, 0.15) is 0 Å². The van der Waals surface area contributed by atoms with Crippen molar-refractivity contribution in [1.29, 1.82) is 0 Å². The molecule has 0 saturated heterocycles. The van der Waals surface area contributed by atoms with Gasteiger partial charge in [0.25, 0.3) is 0 Å². The van der Waals surface area contributed by atoms with Gasteiger partial charge in [-0.2, -0.15) is 0 Å². The summed E-state index contributed by atoms with van der Waals surface area (Å²) in [6.07, 6.45) is 0. The summed E-state index contributed by atoms with van der Waals surface area (Å²) in [5.41, 5.74) is 0.0568. The van der Waals surface area contributed by atoms with E-state index in [4.69, 9.17) is 21.5 Å². The minimum absolute atomic E-state index is 0.0568. The number of ether oxygens (including phenoxy) is 1. The van der Waals surface area contributed by atoms with Crippen molar-refractivity contribution in [2.45, 2.75) is 11.8 Å². The van der Waals surface area contributed by atoms with Crippen LogP contribution < -0.4 is 5.14 Å². The lowest BCUT2D eigenvalue weighted by atomic mass is 10.2. The summed E-state index contributed by atoms with van der Waals surface area (Å²) in [6.45, 7) is 1.83. The molecule has 17 heavy (non-hydrogen) atoms. The third-order valence-electron chi connectivity index (χ3n) is 1.81. The highest BCUT2D eigenvalue weighted by atomic mass is 127. The maximum Gasteiger partial charge on any atom is 0.338 e. The van der Waals surface area contributed by atoms with Crippen LogP contribution >= 0.6 is 34.2 Å². The molecule has 1 rings (SSSR count). The number of esters is 1. The SMILES string of the molecule is CCOC(=O)c1cc(Cl)c(I)c(S(N)(=O)=O)c1. The Hall–Kier alpha value is -0.380. The number of halogens is 2. The maximum atomic E-state index is 11.5. The van der Waals surface area contributed by atoms with Gasteiger partial charge in [0.2, 0.25) is 10.0 Å². The van der Waals surface area contributed by atoms with E-state index in [1.54, 1.807) is 29.5 Å². The van der Waals surface area contributed by atoms with E-state index in [2.05, 4.69) is 0 Å². The molecule has 1 aromatic rings. The fraction of sp³-hybridized carbons (Fsp3) is 0.222. The molecular weight excluding hydrogens is 381 g/mol. The molecule has 0 amide bonds. The molecular formula is C9H9ClINO4S. The predicted molar refractivity (Wildman–Crippen MR) is 71.5 cm³/mol. The van der Waals surface area contributed by atoms with Gasteiger partial charge in [0, 0.05) is 0 Å². The zero-order valence-electron chi connectivity index (χ0n) is 8.74. The second-order valence-electron chi connectivity index (χ2n) is 3.04. The van der Waals surface area contributed by atoms with E-state index in [1.165, 1.54) is 6.07 Å². The van der Waals surface area contributed by atoms with Crippen LogP contribution in [0.2, 0.25) is 5.02 Å². The molecule has 0 aliphatic rings. The number of primary sulfonamides is 1. The summed E-state index contributed by atoms with van der Waals surface area (Å²) in [5.74, 6) is -0.643. The summed E-state index contributed by atoms with van der Waals surface area (Å²) < 4.78 is 27.6. The molecule has 0 aliphatic heterocycles. The number of nitrogens with two attached hydrogens (primary N) is 1. The molecule has 5 nitrogen and oxygen atoms in total. The Balaban J connectivity index is 3.39. The van der Waals surface area contributed by atoms with Crippen molar-refractivity contribution in [2.24, 2.45) is 5.14 Å². The van der Waals surface area contributed by atoms with E-state index < -0.39 is 16.0 Å². The Labute approximate surface area is 117 Å². The average Bonchev–Trinajstić information content (AvgIpc) is 2.20. The standard InChI is InChI=1S/C9H9ClINO4S/c1-2-16-9(13)5-3-6(10)8(11)7(4-5)17(12,14)15/h3-4H,2H2,1H3,(H2,12,14,15). The first-order valence-corrected chi connectivity index (χ1v) is 7.46. The lowest BCUT2D eigenvalue weighted by Crippen LogP contribution is -2.15. The number of benzene rings is 1. The first-order chi connectivity index (χ1) is 7.77. The Morgan fingerprint density at radius 1 is 1.53 bits per heavy atom. The van der Waals surface area contributed by atoms with Crippen molar-refractivity contribution in [2.75, 3.05) is 6.61 Å². The van der Waals surface area contributed by atoms with Gasteiger partial charge < -0.3 is 4.74 Å². The highest BCUT2D eigenvalue weighted by Crippen LogP contribution is 2.27. The van der Waals surface area contributed by atoms with E-state index in [-0.39, 0.29) is 25.7 Å². The first kappa shape index (κ1) is 14.7. The molecule has 0 unspecified atom stereocenters. The van der Waals surface area contributed by atoms with Crippen molar-refractivity contribution < 1.29 is 17.9 Å². The molecule has 0 spiro atoms. The quantitative estimate of drug-likeness (QED) is 0.630. The van der Waals surface area contributed by atoms with Gasteiger partial charge in [-0.05, 0) is 41.6 Å². The van der Waals surface area contributed by atoms with Gasteiger partial charge >= 0.3 is 5.97 Å². The molecule has 0 aliphatic carbocycles. The Morgan fingerprint density at radius 3 is 2.59 bits per heavy atom. The molecule has 94 valence electrons. The highest BCUT2D eigenvalue weighted by molar-refractivity contribution is 14.1. The summed E-state index contributed by atoms with van der Waals surface area (Å²) in [5, 5.41) is 5.17. The van der Waals surface area contributed by atoms with E-state index in [0.717, 1.165) is 6.07 Å². The Kier molecular flexibility index (Phi) is 4.76. The molecule has 0 fully saturated rings. The van der Waals surface area contributed by atoms with Crippen LogP contribution in [0.5, 0.6) is 0 Å². The van der Waals surface area contributed by atoms with Crippen LogP contribution in [0.25, 0.3) is 0 Å². The first-order valence-electron chi connectivity index (χ1n) is 4.46. The minimum atomic E-state index is -3.93. The molecule has 0 atom stereocenters. The van der Waals surface area contributed by atoms with Crippen LogP contribution in [0.15, 0.2) is 17.0 Å². The van der Waals surface area contributed by atoms with Crippen LogP contribution in [0, 0.1) is 3.57 Å². The van der Waals surface area contributed by atoms with Gasteiger partial charge in [-0.1, -0.05) is 11.6 Å². The maximum absolute atomic E-state index is 11.5. The molecule has 2 N–H and O–H groups in total. The summed E-state index contributed by atoms with van der Waals surface area (Å²) >= 11 is 7.58. The normalized spacial score (nSPS) is 11.3. The van der Waals surface area contributed by atoms with Gasteiger partial charge in [-0.15, -0.1) is 0 Å². The number of carbonyl (C=O) groups is 1. The third-order valence-corrected chi connectivity index (χ3v) is 4.89. The molecule has 1 aromatic carbocycles. The number of hydrogen-bond donors (Lipinski definition) is 1. The van der Waals surface area contributed by atoms with Crippen LogP contribution in [-0.2, 0) is 14.8 Å². The lowest BCUT2D eigenvalue weighted by molar-refractivity contribution is 0.0526. The lowest BCUT2D eigenvalue weighted by Gasteiger charge is -2.07. The molecule has 0 heterocycles. The van der Waals surface area contributed by atoms with Gasteiger partial charge in [0.15, 0.2) is 0 Å². The fourth-order valence-electron chi connectivity index (χ4n) is 1.10. The smallest absolute Gasteiger partial charge is 0.338 e. The predicted octanol–water partition coefficient (Wildman–Crippen LogP) is 1.77. The second-order valence-corrected chi connectivity index (χ2v) is 6.05. The summed E-state index contributed by atoms with van der Waals surface area (Å²) in [6, 6.07) is 2.50. The largest absolute Gasteiger partial charge is 0.462 e. The van der Waals surface area contributed by atoms with Crippen LogP contribution in [-0.4, -0.2) is 21.0 Å². The molecule has 0 bridgehead atoms. The number of hydrogen-bond acceptors (Lipinski definition) is 4. The molecule has 0 saturated carbocycles. The van der Waals surface area contributed by atoms with E-state index >= 15 is 0 Å². The van der Waals surface area contributed by atoms with Crippen molar-refractivity contribution in [3.8, 4) is 0 Å². The zero-order chi connectivity index (χ0) is 13.2. The monoisotopic (exact) mass is 389 g/mol. The van der Waals surface area contributed by atoms with Crippen molar-refractivity contribution in [3.63, 3.8) is 0 Å². The van der Waals surface area contributed by atoms with Gasteiger partial charge in [-0.25, -0.2) is 18.4 Å². The zero-order valence-corrected chi connectivity index (χ0v) is 12.5. The summed E-state index contributed by atoms with van der Waals surface area (Å²) in [7, 11) is -3.93. The van der Waals surface area contributed by atoms with Crippen LogP contribution in [0.3, 0.4) is 0 Å². The van der Waals surface area contributed by atoms with E-state index in [9.17, 15) is 13.2 Å². The van der Waals surface area contributed by atoms with E-state index in [1.807, 2.05) is 0 Å². The summed E-state index contributed by atoms with van der Waals surface area (Å²) in [4.78, 5) is 11.3. The molecule has 0 radical (unpaired) electrons. The van der Waals surface area contributed by atoms with Crippen molar-refractivity contribution in [3.05, 3.63) is 26.3 Å². The highest BCUT2D eigenvalue weighted by Gasteiger charge is 2.19. The average molecular weight is 390 g/mol. The fourth-order valence-corrected chi connectivity index (χ4v) is 3.26. The third kappa shape index (κ3) is 3.54. The van der Waals surface area contributed by atoms with Crippen molar-refractivity contribution in [1.82, 2.24) is 0 Å². The second kappa shape index (κ2) is 5.51. The molecule has 0 aromatic heterocycles. The topological polar surface area (TPSA) is 86.5 Å². The number of rotatable bonds is 3. The van der Waals surface area contributed by atoms with Crippen LogP contribution in [0.4, 0.5) is 0 Å². The Bertz CT molecular complexity index is 558. The van der Waals surface area contributed by atoms with Crippen LogP contribution in [0.1, 0.15) is 17.3 Å².